The average molecular weight is 324 g/mol. The van der Waals surface area contributed by atoms with Crippen molar-refractivity contribution < 1.29 is 4.74 Å². The number of para-hydroxylation sites is 1. The summed E-state index contributed by atoms with van der Waals surface area (Å²) < 4.78 is 5.47. The van der Waals surface area contributed by atoms with E-state index in [1.807, 2.05) is 0 Å². The number of methoxy groups -OCH3 is 1. The minimum Gasteiger partial charge on any atom is -0.382 e. The molecule has 2 aromatic rings. The van der Waals surface area contributed by atoms with E-state index in [0.29, 0.717) is 12.1 Å². The van der Waals surface area contributed by atoms with Crippen molar-refractivity contribution in [3.05, 3.63) is 65.7 Å². The molecule has 128 valence electrons. The van der Waals surface area contributed by atoms with Crippen LogP contribution in [0.4, 0.5) is 5.69 Å². The SMILES string of the molecule is CCCC[C@H](NN1c2ccccc2C[C@H]1COC)c1ccccc1. The van der Waals surface area contributed by atoms with Gasteiger partial charge in [-0.1, -0.05) is 68.3 Å². The monoisotopic (exact) mass is 324 g/mol. The summed E-state index contributed by atoms with van der Waals surface area (Å²) in [6, 6.07) is 20.1. The average Bonchev–Trinajstić information content (AvgIpc) is 2.97. The number of nitrogens with zero attached hydrogens (tertiary/aromatic N) is 1. The largest absolute Gasteiger partial charge is 0.382 e. The van der Waals surface area contributed by atoms with Gasteiger partial charge < -0.3 is 9.75 Å². The van der Waals surface area contributed by atoms with Crippen molar-refractivity contribution in [3.63, 3.8) is 0 Å². The van der Waals surface area contributed by atoms with Crippen LogP contribution in [0.3, 0.4) is 0 Å². The summed E-state index contributed by atoms with van der Waals surface area (Å²) in [5.74, 6) is 0. The summed E-state index contributed by atoms with van der Waals surface area (Å²) in [5.41, 5.74) is 7.85. The Kier molecular flexibility index (Phi) is 5.89. The van der Waals surface area contributed by atoms with Crippen molar-refractivity contribution in [2.24, 2.45) is 0 Å². The van der Waals surface area contributed by atoms with E-state index in [9.17, 15) is 0 Å². The molecule has 1 aliphatic heterocycles. The summed E-state index contributed by atoms with van der Waals surface area (Å²) >= 11 is 0. The molecule has 1 N–H and O–H groups in total. The fourth-order valence-corrected chi connectivity index (χ4v) is 3.53. The molecule has 2 atom stereocenters. The molecule has 0 fully saturated rings. The van der Waals surface area contributed by atoms with Crippen LogP contribution in [-0.4, -0.2) is 19.8 Å². The van der Waals surface area contributed by atoms with Crippen molar-refractivity contribution in [1.29, 1.82) is 0 Å². The fraction of sp³-hybridized carbons (Fsp3) is 0.429. The number of rotatable bonds is 8. The van der Waals surface area contributed by atoms with Crippen LogP contribution in [0.5, 0.6) is 0 Å². The number of unbranched alkanes of at least 4 members (excludes halogenated alkanes) is 1. The summed E-state index contributed by atoms with van der Waals surface area (Å²) in [4.78, 5) is 0. The second-order valence-electron chi connectivity index (χ2n) is 6.55. The maximum atomic E-state index is 5.47. The smallest absolute Gasteiger partial charge is 0.0729 e. The fourth-order valence-electron chi connectivity index (χ4n) is 3.53. The second-order valence-corrected chi connectivity index (χ2v) is 6.55. The zero-order valence-corrected chi connectivity index (χ0v) is 14.7. The van der Waals surface area contributed by atoms with Crippen LogP contribution in [0.2, 0.25) is 0 Å². The standard InChI is InChI=1S/C21H28N2O/c1-3-4-13-20(17-10-6-5-7-11-17)22-23-19(16-24-2)15-18-12-8-9-14-21(18)23/h5-12,14,19-20,22H,3-4,13,15-16H2,1-2H3/t19-,20-/m0/s1. The molecule has 24 heavy (non-hydrogen) atoms. The topological polar surface area (TPSA) is 24.5 Å². The first-order chi connectivity index (χ1) is 11.8. The van der Waals surface area contributed by atoms with Crippen molar-refractivity contribution in [2.75, 3.05) is 18.7 Å². The molecule has 0 saturated heterocycles. The minimum absolute atomic E-state index is 0.330. The van der Waals surface area contributed by atoms with Crippen LogP contribution in [0, 0.1) is 0 Å². The molecular formula is C21H28N2O. The Morgan fingerprint density at radius 3 is 2.62 bits per heavy atom. The predicted octanol–water partition coefficient (Wildman–Crippen LogP) is 4.50. The molecule has 0 saturated carbocycles. The normalized spacial score (nSPS) is 17.8. The molecule has 0 unspecified atom stereocenters. The van der Waals surface area contributed by atoms with Gasteiger partial charge in [-0.05, 0) is 30.0 Å². The van der Waals surface area contributed by atoms with E-state index < -0.39 is 0 Å². The van der Waals surface area contributed by atoms with Crippen LogP contribution < -0.4 is 10.4 Å². The quantitative estimate of drug-likeness (QED) is 0.774. The van der Waals surface area contributed by atoms with Gasteiger partial charge >= 0.3 is 0 Å². The lowest BCUT2D eigenvalue weighted by Gasteiger charge is -2.33. The lowest BCUT2D eigenvalue weighted by atomic mass is 10.0. The van der Waals surface area contributed by atoms with E-state index in [0.717, 1.165) is 19.4 Å². The molecule has 0 aliphatic carbocycles. The highest BCUT2D eigenvalue weighted by Gasteiger charge is 2.30. The van der Waals surface area contributed by atoms with Gasteiger partial charge in [-0.25, -0.2) is 5.43 Å². The molecule has 3 rings (SSSR count). The van der Waals surface area contributed by atoms with Gasteiger partial charge in [-0.3, -0.25) is 0 Å². The number of hydrogen-bond acceptors (Lipinski definition) is 3. The van der Waals surface area contributed by atoms with E-state index in [1.165, 1.54) is 29.7 Å². The number of hydrazine groups is 1. The van der Waals surface area contributed by atoms with E-state index in [1.54, 1.807) is 7.11 Å². The molecular weight excluding hydrogens is 296 g/mol. The third-order valence-electron chi connectivity index (χ3n) is 4.77. The summed E-state index contributed by atoms with van der Waals surface area (Å²) in [7, 11) is 1.78. The van der Waals surface area contributed by atoms with E-state index in [-0.39, 0.29) is 0 Å². The van der Waals surface area contributed by atoms with Crippen molar-refractivity contribution in [2.45, 2.75) is 44.7 Å². The number of anilines is 1. The molecule has 0 bridgehead atoms. The summed E-state index contributed by atoms with van der Waals surface area (Å²) in [6.07, 6.45) is 4.60. The molecule has 0 radical (unpaired) electrons. The van der Waals surface area contributed by atoms with Gasteiger partial charge in [0.15, 0.2) is 0 Å². The number of benzene rings is 2. The van der Waals surface area contributed by atoms with Gasteiger partial charge in [-0.2, -0.15) is 0 Å². The Hall–Kier alpha value is -1.84. The van der Waals surface area contributed by atoms with Crippen molar-refractivity contribution in [1.82, 2.24) is 5.43 Å². The van der Waals surface area contributed by atoms with Crippen LogP contribution >= 0.6 is 0 Å². The van der Waals surface area contributed by atoms with Crippen LogP contribution in [0.25, 0.3) is 0 Å². The zero-order valence-electron chi connectivity index (χ0n) is 14.7. The maximum absolute atomic E-state index is 5.47. The third kappa shape index (κ3) is 3.80. The molecule has 2 aromatic carbocycles. The Bertz CT molecular complexity index is 629. The van der Waals surface area contributed by atoms with Gasteiger partial charge in [0.25, 0.3) is 0 Å². The molecule has 1 heterocycles. The number of nitrogens with one attached hydrogen (secondary N) is 1. The Balaban J connectivity index is 1.83. The van der Waals surface area contributed by atoms with E-state index >= 15 is 0 Å². The number of hydrogen-bond donors (Lipinski definition) is 1. The molecule has 0 spiro atoms. The van der Waals surface area contributed by atoms with Crippen LogP contribution in [-0.2, 0) is 11.2 Å². The minimum atomic E-state index is 0.330. The van der Waals surface area contributed by atoms with Gasteiger partial charge in [0.2, 0.25) is 0 Å². The molecule has 0 amide bonds. The first-order valence-corrected chi connectivity index (χ1v) is 9.00. The molecule has 1 aliphatic rings. The number of ether oxygens (including phenoxy) is 1. The molecule has 0 aromatic heterocycles. The summed E-state index contributed by atoms with van der Waals surface area (Å²) in [6.45, 7) is 2.98. The Labute approximate surface area is 145 Å². The van der Waals surface area contributed by atoms with E-state index in [4.69, 9.17) is 4.74 Å². The highest BCUT2D eigenvalue weighted by atomic mass is 16.5. The lowest BCUT2D eigenvalue weighted by molar-refractivity contribution is 0.173. The van der Waals surface area contributed by atoms with Gasteiger partial charge in [0.05, 0.1) is 24.4 Å². The first-order valence-electron chi connectivity index (χ1n) is 9.00. The highest BCUT2D eigenvalue weighted by molar-refractivity contribution is 5.58. The molecule has 3 nitrogen and oxygen atoms in total. The van der Waals surface area contributed by atoms with Crippen LogP contribution in [0.15, 0.2) is 54.6 Å². The van der Waals surface area contributed by atoms with Gasteiger partial charge in [-0.15, -0.1) is 0 Å². The van der Waals surface area contributed by atoms with Crippen molar-refractivity contribution >= 4 is 5.69 Å². The Morgan fingerprint density at radius 1 is 1.12 bits per heavy atom. The van der Waals surface area contributed by atoms with Crippen LogP contribution in [0.1, 0.15) is 43.4 Å². The predicted molar refractivity (Wildman–Crippen MR) is 100 cm³/mol. The Morgan fingerprint density at radius 2 is 1.88 bits per heavy atom. The molecule has 3 heteroatoms. The maximum Gasteiger partial charge on any atom is 0.0729 e. The second kappa shape index (κ2) is 8.32. The lowest BCUT2D eigenvalue weighted by Crippen LogP contribution is -2.47. The van der Waals surface area contributed by atoms with Crippen molar-refractivity contribution in [3.8, 4) is 0 Å². The first kappa shape index (κ1) is 17.0. The third-order valence-corrected chi connectivity index (χ3v) is 4.77. The van der Waals surface area contributed by atoms with Gasteiger partial charge in [0.1, 0.15) is 0 Å². The number of fused-ring (bicyclic) bond motifs is 1. The summed E-state index contributed by atoms with van der Waals surface area (Å²) in [5, 5.41) is 2.34. The zero-order chi connectivity index (χ0) is 16.8. The van der Waals surface area contributed by atoms with E-state index in [2.05, 4.69) is 72.0 Å². The highest BCUT2D eigenvalue weighted by Crippen LogP contribution is 2.32. The van der Waals surface area contributed by atoms with Gasteiger partial charge in [0, 0.05) is 7.11 Å².